The van der Waals surface area contributed by atoms with Gasteiger partial charge in [0.1, 0.15) is 5.82 Å². The van der Waals surface area contributed by atoms with Gasteiger partial charge in [-0.05, 0) is 30.5 Å². The van der Waals surface area contributed by atoms with Crippen LogP contribution in [0.2, 0.25) is 5.02 Å². The summed E-state index contributed by atoms with van der Waals surface area (Å²) >= 11 is 6.58. The number of nitrogens with zero attached hydrogens (tertiary/aromatic N) is 2. The lowest BCUT2D eigenvalue weighted by molar-refractivity contribution is -0.138. The van der Waals surface area contributed by atoms with Gasteiger partial charge >= 0.3 is 5.97 Å². The summed E-state index contributed by atoms with van der Waals surface area (Å²) in [5.41, 5.74) is 3.62. The van der Waals surface area contributed by atoms with Gasteiger partial charge in [0, 0.05) is 22.2 Å². The largest absolute Gasteiger partial charge is 0.463 e. The Morgan fingerprint density at radius 1 is 1.06 bits per heavy atom. The van der Waals surface area contributed by atoms with E-state index in [0.717, 1.165) is 23.2 Å². The molecule has 2 heterocycles. The Morgan fingerprint density at radius 3 is 2.48 bits per heavy atom. The second kappa shape index (κ2) is 10.0. The van der Waals surface area contributed by atoms with Crippen molar-refractivity contribution < 1.29 is 14.3 Å². The lowest BCUT2D eigenvalue weighted by Gasteiger charge is -2.30. The van der Waals surface area contributed by atoms with Gasteiger partial charge in [-0.25, -0.2) is 4.79 Å². The van der Waals surface area contributed by atoms with E-state index in [0.29, 0.717) is 28.4 Å². The maximum Gasteiger partial charge on any atom is 0.336 e. The molecule has 4 rings (SSSR count). The van der Waals surface area contributed by atoms with Crippen LogP contribution < -0.4 is 5.32 Å². The maximum absolute atomic E-state index is 13.2. The topological polar surface area (TPSA) is 73.2 Å². The van der Waals surface area contributed by atoms with E-state index in [4.69, 9.17) is 16.3 Å². The molecule has 1 aromatic heterocycles. The molecule has 170 valence electrons. The third kappa shape index (κ3) is 4.57. The number of fused-ring (bicyclic) bond motifs is 1. The van der Waals surface area contributed by atoms with Crippen LogP contribution in [0.4, 0.5) is 5.82 Å². The highest BCUT2D eigenvalue weighted by Crippen LogP contribution is 2.45. The van der Waals surface area contributed by atoms with E-state index in [1.807, 2.05) is 55.5 Å². The van der Waals surface area contributed by atoms with Crippen LogP contribution in [0.5, 0.6) is 0 Å². The highest BCUT2D eigenvalue weighted by Gasteiger charge is 2.38. The number of anilines is 1. The molecule has 33 heavy (non-hydrogen) atoms. The first-order valence-corrected chi connectivity index (χ1v) is 11.5. The molecule has 1 aliphatic rings. The van der Waals surface area contributed by atoms with Gasteiger partial charge in [-0.15, -0.1) is 0 Å². The molecule has 0 saturated heterocycles. The Morgan fingerprint density at radius 2 is 1.79 bits per heavy atom. The first-order chi connectivity index (χ1) is 16.0. The number of allylic oxidation sites excluding steroid dienone is 1. The van der Waals surface area contributed by atoms with Gasteiger partial charge < -0.3 is 10.1 Å². The number of hydrogen-bond acceptors (Lipinski definition) is 5. The molecule has 3 aromatic rings. The van der Waals surface area contributed by atoms with Crippen molar-refractivity contribution in [1.29, 1.82) is 0 Å². The molecular formula is C26H26ClN3O3. The summed E-state index contributed by atoms with van der Waals surface area (Å²) in [5, 5.41) is 8.29. The van der Waals surface area contributed by atoms with Crippen molar-refractivity contribution in [3.8, 4) is 0 Å². The number of esters is 1. The number of rotatable bonds is 7. The Bertz CT molecular complexity index is 1200. The summed E-state index contributed by atoms with van der Waals surface area (Å²) in [6.07, 6.45) is 3.28. The van der Waals surface area contributed by atoms with Gasteiger partial charge in [0.15, 0.2) is 0 Å². The van der Waals surface area contributed by atoms with Crippen LogP contribution >= 0.6 is 11.6 Å². The summed E-state index contributed by atoms with van der Waals surface area (Å²) in [7, 11) is 0. The monoisotopic (exact) mass is 463 g/mol. The second-order valence-corrected chi connectivity index (χ2v) is 8.27. The fraction of sp³-hybridized carbons (Fsp3) is 0.269. The molecule has 0 saturated carbocycles. The van der Waals surface area contributed by atoms with E-state index in [1.165, 1.54) is 4.68 Å². The third-order valence-corrected chi connectivity index (χ3v) is 5.98. The Balaban J connectivity index is 1.84. The fourth-order valence-electron chi connectivity index (χ4n) is 4.20. The predicted molar refractivity (Wildman–Crippen MR) is 128 cm³/mol. The highest BCUT2D eigenvalue weighted by atomic mass is 35.5. The molecule has 0 bridgehead atoms. The van der Waals surface area contributed by atoms with Crippen LogP contribution in [0.1, 0.15) is 54.1 Å². The summed E-state index contributed by atoms with van der Waals surface area (Å²) < 4.78 is 6.82. The number of carbonyl (C=O) groups excluding carboxylic acids is 2. The van der Waals surface area contributed by atoms with Crippen molar-refractivity contribution in [3.63, 3.8) is 0 Å². The predicted octanol–water partition coefficient (Wildman–Crippen LogP) is 5.59. The SMILES string of the molecule is CCCC1=C(C(=O)OCC)C(c2ccccc2Cl)c2cnn(C(=O)Cc3ccccc3)c2N1. The lowest BCUT2D eigenvalue weighted by Crippen LogP contribution is -2.27. The number of ether oxygens (including phenoxy) is 1. The number of carbonyl (C=O) groups is 2. The molecule has 1 unspecified atom stereocenters. The molecule has 2 aromatic carbocycles. The fourth-order valence-corrected chi connectivity index (χ4v) is 4.45. The van der Waals surface area contributed by atoms with Gasteiger partial charge in [0.05, 0.1) is 24.8 Å². The molecule has 0 radical (unpaired) electrons. The van der Waals surface area contributed by atoms with E-state index in [-0.39, 0.29) is 18.9 Å². The van der Waals surface area contributed by atoms with Crippen LogP contribution in [0, 0.1) is 0 Å². The Hall–Kier alpha value is -3.38. The number of hydrogen-bond donors (Lipinski definition) is 1. The van der Waals surface area contributed by atoms with Gasteiger partial charge in [0.2, 0.25) is 0 Å². The molecule has 1 aliphatic heterocycles. The average Bonchev–Trinajstić information content (AvgIpc) is 3.23. The first-order valence-electron chi connectivity index (χ1n) is 11.1. The van der Waals surface area contributed by atoms with Crippen LogP contribution in [-0.4, -0.2) is 28.3 Å². The van der Waals surface area contributed by atoms with E-state index < -0.39 is 11.9 Å². The summed E-state index contributed by atoms with van der Waals surface area (Å²) in [4.78, 5) is 26.3. The van der Waals surface area contributed by atoms with Crippen LogP contribution in [0.3, 0.4) is 0 Å². The number of aromatic nitrogens is 2. The standard InChI is InChI=1S/C26H26ClN3O3/c1-3-10-21-24(26(32)33-4-2)23(18-13-8-9-14-20(18)27)19-16-28-30(25(19)29-21)22(31)15-17-11-6-5-7-12-17/h5-9,11-14,16,23,29H,3-4,10,15H2,1-2H3. The van der Waals surface area contributed by atoms with E-state index in [1.54, 1.807) is 19.2 Å². The normalized spacial score (nSPS) is 15.1. The third-order valence-electron chi connectivity index (χ3n) is 5.64. The van der Waals surface area contributed by atoms with Gasteiger partial charge in [-0.3, -0.25) is 4.79 Å². The van der Waals surface area contributed by atoms with Crippen molar-refractivity contribution in [2.75, 3.05) is 11.9 Å². The number of halogens is 1. The zero-order chi connectivity index (χ0) is 23.4. The van der Waals surface area contributed by atoms with Crippen LogP contribution in [0.25, 0.3) is 0 Å². The summed E-state index contributed by atoms with van der Waals surface area (Å²) in [5.74, 6) is -0.484. The lowest BCUT2D eigenvalue weighted by atomic mass is 9.82. The maximum atomic E-state index is 13.2. The molecule has 1 N–H and O–H groups in total. The molecule has 6 nitrogen and oxygen atoms in total. The Kier molecular flexibility index (Phi) is 6.94. The molecule has 0 aliphatic carbocycles. The van der Waals surface area contributed by atoms with Crippen LogP contribution in [0.15, 0.2) is 72.1 Å². The highest BCUT2D eigenvalue weighted by molar-refractivity contribution is 6.31. The Labute approximate surface area is 198 Å². The molecule has 0 fully saturated rings. The number of nitrogens with one attached hydrogen (secondary N) is 1. The molecule has 7 heteroatoms. The quantitative estimate of drug-likeness (QED) is 0.462. The first kappa shape index (κ1) is 22.8. The minimum atomic E-state index is -0.492. The van der Waals surface area contributed by atoms with Crippen molar-refractivity contribution in [1.82, 2.24) is 9.78 Å². The minimum Gasteiger partial charge on any atom is -0.463 e. The minimum absolute atomic E-state index is 0.164. The van der Waals surface area contributed by atoms with Crippen LogP contribution in [-0.2, 0) is 16.0 Å². The molecule has 0 amide bonds. The van der Waals surface area contributed by atoms with Crippen molar-refractivity contribution in [3.05, 3.63) is 93.8 Å². The zero-order valence-corrected chi connectivity index (χ0v) is 19.4. The molecular weight excluding hydrogens is 438 g/mol. The average molecular weight is 464 g/mol. The van der Waals surface area contributed by atoms with Gasteiger partial charge in [0.25, 0.3) is 5.91 Å². The van der Waals surface area contributed by atoms with Crippen molar-refractivity contribution in [2.24, 2.45) is 0 Å². The van der Waals surface area contributed by atoms with E-state index in [9.17, 15) is 9.59 Å². The summed E-state index contributed by atoms with van der Waals surface area (Å²) in [6.45, 7) is 4.08. The summed E-state index contributed by atoms with van der Waals surface area (Å²) in [6, 6.07) is 17.0. The number of benzene rings is 2. The van der Waals surface area contributed by atoms with Gasteiger partial charge in [-0.1, -0.05) is 73.5 Å². The zero-order valence-electron chi connectivity index (χ0n) is 18.7. The van der Waals surface area contributed by atoms with Crippen molar-refractivity contribution >= 4 is 29.3 Å². The molecule has 0 spiro atoms. The molecule has 1 atom stereocenters. The second-order valence-electron chi connectivity index (χ2n) is 7.86. The van der Waals surface area contributed by atoms with E-state index >= 15 is 0 Å². The smallest absolute Gasteiger partial charge is 0.336 e. The van der Waals surface area contributed by atoms with Crippen molar-refractivity contribution in [2.45, 2.75) is 39.0 Å². The van der Waals surface area contributed by atoms with Gasteiger partial charge in [-0.2, -0.15) is 9.78 Å². The van der Waals surface area contributed by atoms with E-state index in [2.05, 4.69) is 10.4 Å².